The molecule has 0 unspecified atom stereocenters. The van der Waals surface area contributed by atoms with Crippen molar-refractivity contribution in [3.8, 4) is 16.9 Å². The summed E-state index contributed by atoms with van der Waals surface area (Å²) in [6, 6.07) is 8.58. The van der Waals surface area contributed by atoms with E-state index < -0.39 is 11.9 Å². The molecule has 6 nitrogen and oxygen atoms in total. The molecule has 0 radical (unpaired) electrons. The topological polar surface area (TPSA) is 91.4 Å². The number of amides is 1. The Kier molecular flexibility index (Phi) is 5.17. The molecule has 1 amide bonds. The Labute approximate surface area is 174 Å². The Morgan fingerprint density at radius 1 is 1.30 bits per heavy atom. The number of aryl methyl sites for hydroxylation is 1. The van der Waals surface area contributed by atoms with Crippen molar-refractivity contribution in [2.75, 3.05) is 13.7 Å². The largest absolute Gasteiger partial charge is 0.496 e. The van der Waals surface area contributed by atoms with Gasteiger partial charge in [0.25, 0.3) is 5.56 Å². The zero-order valence-corrected chi connectivity index (χ0v) is 17.2. The zero-order chi connectivity index (χ0) is 21.4. The molecule has 4 aromatic rings. The van der Waals surface area contributed by atoms with E-state index in [0.29, 0.717) is 32.7 Å². The third-order valence-corrected chi connectivity index (χ3v) is 6.01. The molecule has 2 aromatic heterocycles. The summed E-state index contributed by atoms with van der Waals surface area (Å²) in [5, 5.41) is 14.4. The van der Waals surface area contributed by atoms with Crippen LogP contribution in [0.25, 0.3) is 32.1 Å². The first-order valence-corrected chi connectivity index (χ1v) is 10.1. The number of carbonyl (C=O) groups is 1. The van der Waals surface area contributed by atoms with Crippen LogP contribution in [0.2, 0.25) is 0 Å². The van der Waals surface area contributed by atoms with Gasteiger partial charge in [0, 0.05) is 22.9 Å². The van der Waals surface area contributed by atoms with Crippen LogP contribution in [0.3, 0.4) is 0 Å². The average molecular weight is 426 g/mol. The standard InChI is InChI=1S/C22H19FN2O4S/c1-11-9-16(29-2)17(18-14-6-8-30-20(14)21(26)25-19(11)18)13-4-3-12(15(23)10-13)5-7-24-22(27)28/h3-4,6,8-10,24H,5,7H2,1-2H3,(H,25,26)(H,27,28). The molecule has 0 saturated carbocycles. The summed E-state index contributed by atoms with van der Waals surface area (Å²) < 4.78 is 21.0. The van der Waals surface area contributed by atoms with Gasteiger partial charge in [-0.25, -0.2) is 9.18 Å². The summed E-state index contributed by atoms with van der Waals surface area (Å²) in [5.41, 5.74) is 3.12. The third kappa shape index (κ3) is 3.39. The van der Waals surface area contributed by atoms with Crippen molar-refractivity contribution in [3.63, 3.8) is 0 Å². The first-order chi connectivity index (χ1) is 14.4. The first-order valence-electron chi connectivity index (χ1n) is 9.27. The summed E-state index contributed by atoms with van der Waals surface area (Å²) in [7, 11) is 1.56. The van der Waals surface area contributed by atoms with E-state index in [4.69, 9.17) is 9.84 Å². The highest BCUT2D eigenvalue weighted by Crippen LogP contribution is 2.42. The molecule has 0 spiro atoms. The number of thiophene rings is 1. The summed E-state index contributed by atoms with van der Waals surface area (Å²) in [4.78, 5) is 26.0. The van der Waals surface area contributed by atoms with Crippen molar-refractivity contribution >= 4 is 38.4 Å². The Morgan fingerprint density at radius 2 is 2.10 bits per heavy atom. The van der Waals surface area contributed by atoms with Gasteiger partial charge in [-0.2, -0.15) is 0 Å². The number of halogens is 1. The van der Waals surface area contributed by atoms with Crippen LogP contribution >= 0.6 is 11.3 Å². The first kappa shape index (κ1) is 19.9. The van der Waals surface area contributed by atoms with Crippen LogP contribution in [0.5, 0.6) is 5.75 Å². The maximum Gasteiger partial charge on any atom is 0.404 e. The molecule has 0 saturated heterocycles. The summed E-state index contributed by atoms with van der Waals surface area (Å²) in [5.74, 6) is 0.153. The molecule has 0 fully saturated rings. The lowest BCUT2D eigenvalue weighted by molar-refractivity contribution is 0.194. The fourth-order valence-electron chi connectivity index (χ4n) is 3.73. The molecule has 0 atom stereocenters. The van der Waals surface area contributed by atoms with Crippen LogP contribution in [0, 0.1) is 12.7 Å². The van der Waals surface area contributed by atoms with Gasteiger partial charge in [0.15, 0.2) is 0 Å². The Balaban J connectivity index is 1.93. The number of hydrogen-bond donors (Lipinski definition) is 3. The molecule has 2 heterocycles. The predicted molar refractivity (Wildman–Crippen MR) is 116 cm³/mol. The van der Waals surface area contributed by atoms with E-state index in [2.05, 4.69) is 10.3 Å². The molecule has 2 aromatic carbocycles. The number of methoxy groups -OCH3 is 1. The molecule has 154 valence electrons. The monoisotopic (exact) mass is 426 g/mol. The molecule has 0 bridgehead atoms. The number of pyridine rings is 1. The van der Waals surface area contributed by atoms with Crippen LogP contribution in [0.15, 0.2) is 40.5 Å². The summed E-state index contributed by atoms with van der Waals surface area (Å²) >= 11 is 1.36. The third-order valence-electron chi connectivity index (χ3n) is 5.10. The fourth-order valence-corrected chi connectivity index (χ4v) is 4.52. The number of aromatic amines is 1. The number of fused-ring (bicyclic) bond motifs is 3. The molecule has 30 heavy (non-hydrogen) atoms. The van der Waals surface area contributed by atoms with E-state index in [1.54, 1.807) is 19.2 Å². The minimum Gasteiger partial charge on any atom is -0.496 e. The van der Waals surface area contributed by atoms with E-state index in [1.165, 1.54) is 17.4 Å². The van der Waals surface area contributed by atoms with E-state index in [-0.39, 0.29) is 18.5 Å². The van der Waals surface area contributed by atoms with Crippen molar-refractivity contribution in [3.05, 3.63) is 63.0 Å². The molecule has 0 aliphatic rings. The van der Waals surface area contributed by atoms with Crippen molar-refractivity contribution in [2.24, 2.45) is 0 Å². The van der Waals surface area contributed by atoms with Crippen LogP contribution in [-0.2, 0) is 6.42 Å². The quantitative estimate of drug-likeness (QED) is 0.432. The number of aromatic nitrogens is 1. The summed E-state index contributed by atoms with van der Waals surface area (Å²) in [6.45, 7) is 2.01. The van der Waals surface area contributed by atoms with Crippen LogP contribution < -0.4 is 15.6 Å². The van der Waals surface area contributed by atoms with Crippen molar-refractivity contribution < 1.29 is 19.0 Å². The minimum absolute atomic E-state index is 0.124. The highest BCUT2D eigenvalue weighted by Gasteiger charge is 2.19. The van der Waals surface area contributed by atoms with Gasteiger partial charge < -0.3 is 20.1 Å². The molecule has 0 aliphatic carbocycles. The second-order valence-corrected chi connectivity index (χ2v) is 7.84. The normalized spacial score (nSPS) is 11.2. The van der Waals surface area contributed by atoms with Gasteiger partial charge in [0.05, 0.1) is 12.6 Å². The smallest absolute Gasteiger partial charge is 0.404 e. The Bertz CT molecular complexity index is 1340. The molecule has 8 heteroatoms. The number of rotatable bonds is 5. The van der Waals surface area contributed by atoms with Gasteiger partial charge >= 0.3 is 6.09 Å². The molecular formula is C22H19FN2O4S. The highest BCUT2D eigenvalue weighted by molar-refractivity contribution is 7.17. The maximum absolute atomic E-state index is 14.8. The number of nitrogens with one attached hydrogen (secondary N) is 2. The molecule has 3 N–H and O–H groups in total. The average Bonchev–Trinajstić information content (AvgIpc) is 3.20. The van der Waals surface area contributed by atoms with E-state index in [9.17, 15) is 14.0 Å². The van der Waals surface area contributed by atoms with Crippen LogP contribution in [0.4, 0.5) is 9.18 Å². The Morgan fingerprint density at radius 3 is 2.80 bits per heavy atom. The number of benzene rings is 2. The lowest BCUT2D eigenvalue weighted by atomic mass is 9.94. The number of H-pyrrole nitrogens is 1. The SMILES string of the molecule is COc1cc(C)c2[nH]c(=O)c3sccc3c2c1-c1ccc(CCNC(=O)O)c(F)c1. The second kappa shape index (κ2) is 7.79. The van der Waals surface area contributed by atoms with Crippen LogP contribution in [0.1, 0.15) is 11.1 Å². The van der Waals surface area contributed by atoms with Gasteiger partial charge in [-0.1, -0.05) is 12.1 Å². The van der Waals surface area contributed by atoms with Gasteiger partial charge in [0.1, 0.15) is 16.3 Å². The minimum atomic E-state index is -1.14. The lowest BCUT2D eigenvalue weighted by Gasteiger charge is -2.16. The fraction of sp³-hybridized carbons (Fsp3) is 0.182. The molecular weight excluding hydrogens is 407 g/mol. The lowest BCUT2D eigenvalue weighted by Crippen LogP contribution is -2.23. The van der Waals surface area contributed by atoms with E-state index in [0.717, 1.165) is 16.3 Å². The van der Waals surface area contributed by atoms with E-state index >= 15 is 0 Å². The van der Waals surface area contributed by atoms with Gasteiger partial charge in [-0.05, 0) is 53.6 Å². The molecule has 4 rings (SSSR count). The van der Waals surface area contributed by atoms with Crippen molar-refractivity contribution in [1.29, 1.82) is 0 Å². The maximum atomic E-state index is 14.8. The van der Waals surface area contributed by atoms with E-state index in [1.807, 2.05) is 24.4 Å². The zero-order valence-electron chi connectivity index (χ0n) is 16.3. The van der Waals surface area contributed by atoms with Gasteiger partial charge in [-0.15, -0.1) is 11.3 Å². The Hall–Kier alpha value is -3.39. The van der Waals surface area contributed by atoms with Crippen LogP contribution in [-0.4, -0.2) is 29.8 Å². The predicted octanol–water partition coefficient (Wildman–Crippen LogP) is 4.68. The summed E-state index contributed by atoms with van der Waals surface area (Å²) in [6.07, 6.45) is -0.900. The van der Waals surface area contributed by atoms with Crippen molar-refractivity contribution in [2.45, 2.75) is 13.3 Å². The second-order valence-electron chi connectivity index (χ2n) is 6.93. The highest BCUT2D eigenvalue weighted by atomic mass is 32.1. The van der Waals surface area contributed by atoms with Crippen molar-refractivity contribution in [1.82, 2.24) is 10.3 Å². The number of ether oxygens (including phenoxy) is 1. The number of carboxylic acid groups (broad SMARTS) is 1. The molecule has 0 aliphatic heterocycles. The van der Waals surface area contributed by atoms with Gasteiger partial charge in [0.2, 0.25) is 0 Å². The number of hydrogen-bond acceptors (Lipinski definition) is 4. The van der Waals surface area contributed by atoms with Gasteiger partial charge in [-0.3, -0.25) is 4.79 Å².